The summed E-state index contributed by atoms with van der Waals surface area (Å²) >= 11 is 7.90. The third kappa shape index (κ3) is 3.76. The second kappa shape index (κ2) is 7.14. The molecule has 0 saturated heterocycles. The summed E-state index contributed by atoms with van der Waals surface area (Å²) in [6.45, 7) is 4.21. The predicted octanol–water partition coefficient (Wildman–Crippen LogP) is 4.25. The SMILES string of the molecule is Cc1ccc(C)c(C(CSc2ccccc2Cl)NN)c1. The lowest BCUT2D eigenvalue weighted by atomic mass is 10.0. The minimum absolute atomic E-state index is 0.108. The van der Waals surface area contributed by atoms with Gasteiger partial charge in [0.1, 0.15) is 0 Å². The Morgan fingerprint density at radius 3 is 2.65 bits per heavy atom. The standard InChI is InChI=1S/C16H19ClN2S/c1-11-7-8-12(2)13(9-11)15(19-18)10-20-16-6-4-3-5-14(16)17/h3-9,15,19H,10,18H2,1-2H3. The fraction of sp³-hybridized carbons (Fsp3) is 0.250. The van der Waals surface area contributed by atoms with E-state index in [2.05, 4.69) is 37.5 Å². The normalized spacial score (nSPS) is 12.4. The van der Waals surface area contributed by atoms with Crippen LogP contribution < -0.4 is 11.3 Å². The van der Waals surface area contributed by atoms with Gasteiger partial charge in [0, 0.05) is 10.6 Å². The van der Waals surface area contributed by atoms with Gasteiger partial charge >= 0.3 is 0 Å². The van der Waals surface area contributed by atoms with Crippen LogP contribution >= 0.6 is 23.4 Å². The molecule has 0 saturated carbocycles. The summed E-state index contributed by atoms with van der Waals surface area (Å²) in [5.74, 6) is 6.57. The molecule has 0 radical (unpaired) electrons. The molecule has 3 N–H and O–H groups in total. The lowest BCUT2D eigenvalue weighted by Gasteiger charge is -2.19. The van der Waals surface area contributed by atoms with E-state index in [-0.39, 0.29) is 6.04 Å². The van der Waals surface area contributed by atoms with E-state index in [4.69, 9.17) is 17.4 Å². The summed E-state index contributed by atoms with van der Waals surface area (Å²) in [5, 5.41) is 0.786. The Morgan fingerprint density at radius 1 is 1.20 bits per heavy atom. The van der Waals surface area contributed by atoms with E-state index in [1.165, 1.54) is 16.7 Å². The van der Waals surface area contributed by atoms with Crippen molar-refractivity contribution in [2.75, 3.05) is 5.75 Å². The fourth-order valence-corrected chi connectivity index (χ4v) is 3.40. The number of thioether (sulfide) groups is 1. The van der Waals surface area contributed by atoms with Crippen LogP contribution in [0, 0.1) is 13.8 Å². The zero-order valence-corrected chi connectivity index (χ0v) is 13.3. The van der Waals surface area contributed by atoms with Crippen molar-refractivity contribution < 1.29 is 0 Å². The van der Waals surface area contributed by atoms with Crippen molar-refractivity contribution in [3.63, 3.8) is 0 Å². The first kappa shape index (κ1) is 15.4. The molecule has 2 aromatic rings. The topological polar surface area (TPSA) is 38.0 Å². The second-order valence-electron chi connectivity index (χ2n) is 4.82. The molecule has 0 heterocycles. The number of rotatable bonds is 5. The maximum Gasteiger partial charge on any atom is 0.0556 e. The first-order valence-corrected chi connectivity index (χ1v) is 7.89. The van der Waals surface area contributed by atoms with Gasteiger partial charge in [-0.15, -0.1) is 11.8 Å². The zero-order chi connectivity index (χ0) is 14.5. The molecule has 0 aromatic heterocycles. The van der Waals surface area contributed by atoms with Gasteiger partial charge in [-0.2, -0.15) is 0 Å². The second-order valence-corrected chi connectivity index (χ2v) is 6.29. The molecule has 0 amide bonds. The van der Waals surface area contributed by atoms with E-state index >= 15 is 0 Å². The molecule has 1 atom stereocenters. The molecule has 20 heavy (non-hydrogen) atoms. The van der Waals surface area contributed by atoms with Gasteiger partial charge in [-0.3, -0.25) is 11.3 Å². The summed E-state index contributed by atoms with van der Waals surface area (Å²) in [5.41, 5.74) is 6.65. The number of benzene rings is 2. The third-order valence-corrected chi connectivity index (χ3v) is 4.86. The molecule has 1 unspecified atom stereocenters. The number of nitrogens with one attached hydrogen (secondary N) is 1. The molecule has 2 nitrogen and oxygen atoms in total. The Kier molecular flexibility index (Phi) is 5.49. The number of hydrogen-bond acceptors (Lipinski definition) is 3. The Morgan fingerprint density at radius 2 is 1.95 bits per heavy atom. The first-order valence-electron chi connectivity index (χ1n) is 6.52. The number of halogens is 1. The van der Waals surface area contributed by atoms with Crippen molar-refractivity contribution in [1.29, 1.82) is 0 Å². The van der Waals surface area contributed by atoms with Crippen molar-refractivity contribution >= 4 is 23.4 Å². The highest BCUT2D eigenvalue weighted by Gasteiger charge is 2.13. The van der Waals surface area contributed by atoms with Crippen LogP contribution in [0.15, 0.2) is 47.4 Å². The Labute approximate surface area is 129 Å². The van der Waals surface area contributed by atoms with E-state index in [1.807, 2.05) is 24.3 Å². The van der Waals surface area contributed by atoms with Crippen LogP contribution in [0.2, 0.25) is 5.02 Å². The van der Waals surface area contributed by atoms with Crippen molar-refractivity contribution in [2.45, 2.75) is 24.8 Å². The van der Waals surface area contributed by atoms with Crippen molar-refractivity contribution in [2.24, 2.45) is 5.84 Å². The lowest BCUT2D eigenvalue weighted by Crippen LogP contribution is -2.30. The van der Waals surface area contributed by atoms with Crippen LogP contribution in [-0.2, 0) is 0 Å². The molecule has 0 aliphatic carbocycles. The highest BCUT2D eigenvalue weighted by molar-refractivity contribution is 7.99. The summed E-state index contributed by atoms with van der Waals surface area (Å²) in [7, 11) is 0. The Balaban J connectivity index is 2.13. The van der Waals surface area contributed by atoms with E-state index < -0.39 is 0 Å². The van der Waals surface area contributed by atoms with Crippen molar-refractivity contribution in [3.05, 3.63) is 64.2 Å². The maximum absolute atomic E-state index is 6.18. The zero-order valence-electron chi connectivity index (χ0n) is 11.7. The monoisotopic (exact) mass is 306 g/mol. The van der Waals surface area contributed by atoms with Crippen LogP contribution in [0.4, 0.5) is 0 Å². The number of nitrogens with two attached hydrogens (primary N) is 1. The summed E-state index contributed by atoms with van der Waals surface area (Å²) < 4.78 is 0. The molecular formula is C16H19ClN2S. The third-order valence-electron chi connectivity index (χ3n) is 3.25. The molecule has 0 aliphatic rings. The van der Waals surface area contributed by atoms with Gasteiger partial charge in [-0.1, -0.05) is 47.5 Å². The number of hydrogen-bond donors (Lipinski definition) is 2. The number of hydrazine groups is 1. The van der Waals surface area contributed by atoms with Gasteiger partial charge in [0.05, 0.1) is 11.1 Å². The smallest absolute Gasteiger partial charge is 0.0556 e. The minimum atomic E-state index is 0.108. The van der Waals surface area contributed by atoms with Crippen LogP contribution in [0.25, 0.3) is 0 Å². The lowest BCUT2D eigenvalue weighted by molar-refractivity contribution is 0.607. The van der Waals surface area contributed by atoms with E-state index in [9.17, 15) is 0 Å². The summed E-state index contributed by atoms with van der Waals surface area (Å²) in [6, 6.07) is 14.4. The molecule has 2 aromatic carbocycles. The minimum Gasteiger partial charge on any atom is -0.271 e. The molecule has 4 heteroatoms. The van der Waals surface area contributed by atoms with Crippen LogP contribution in [0.5, 0.6) is 0 Å². The van der Waals surface area contributed by atoms with Gasteiger partial charge in [0.25, 0.3) is 0 Å². The van der Waals surface area contributed by atoms with Crippen molar-refractivity contribution in [3.8, 4) is 0 Å². The van der Waals surface area contributed by atoms with Crippen molar-refractivity contribution in [1.82, 2.24) is 5.43 Å². The summed E-state index contributed by atoms with van der Waals surface area (Å²) in [6.07, 6.45) is 0. The van der Waals surface area contributed by atoms with Gasteiger partial charge in [0.15, 0.2) is 0 Å². The molecule has 0 fully saturated rings. The highest BCUT2D eigenvalue weighted by Crippen LogP contribution is 2.30. The van der Waals surface area contributed by atoms with E-state index in [0.29, 0.717) is 0 Å². The predicted molar refractivity (Wildman–Crippen MR) is 88.2 cm³/mol. The molecule has 0 spiro atoms. The van der Waals surface area contributed by atoms with Gasteiger partial charge in [-0.25, -0.2) is 0 Å². The average molecular weight is 307 g/mol. The van der Waals surface area contributed by atoms with E-state index in [0.717, 1.165) is 15.7 Å². The molecule has 0 bridgehead atoms. The molecule has 0 aliphatic heterocycles. The van der Waals surface area contributed by atoms with Crippen LogP contribution in [-0.4, -0.2) is 5.75 Å². The van der Waals surface area contributed by atoms with Crippen LogP contribution in [0.3, 0.4) is 0 Å². The molecule has 2 rings (SSSR count). The fourth-order valence-electron chi connectivity index (χ4n) is 2.10. The largest absolute Gasteiger partial charge is 0.271 e. The molecule has 106 valence electrons. The summed E-state index contributed by atoms with van der Waals surface area (Å²) in [4.78, 5) is 1.08. The maximum atomic E-state index is 6.18. The quantitative estimate of drug-likeness (QED) is 0.492. The van der Waals surface area contributed by atoms with Gasteiger partial charge in [-0.05, 0) is 37.1 Å². The first-order chi connectivity index (χ1) is 9.61. The van der Waals surface area contributed by atoms with E-state index in [1.54, 1.807) is 11.8 Å². The number of aryl methyl sites for hydroxylation is 2. The Bertz CT molecular complexity index is 586. The molecular weight excluding hydrogens is 288 g/mol. The van der Waals surface area contributed by atoms with Gasteiger partial charge < -0.3 is 0 Å². The van der Waals surface area contributed by atoms with Gasteiger partial charge in [0.2, 0.25) is 0 Å². The Hall–Kier alpha value is -1.00. The average Bonchev–Trinajstić information content (AvgIpc) is 2.45. The highest BCUT2D eigenvalue weighted by atomic mass is 35.5. The van der Waals surface area contributed by atoms with Crippen LogP contribution in [0.1, 0.15) is 22.7 Å².